The smallest absolute Gasteiger partial charge is 0.137 e. The van der Waals surface area contributed by atoms with Gasteiger partial charge in [0.25, 0.3) is 0 Å². The van der Waals surface area contributed by atoms with Gasteiger partial charge in [0.2, 0.25) is 0 Å². The number of benzene rings is 2. The molecule has 0 fully saturated rings. The monoisotopic (exact) mass is 354 g/mol. The second kappa shape index (κ2) is 5.38. The predicted molar refractivity (Wildman–Crippen MR) is 82.0 cm³/mol. The summed E-state index contributed by atoms with van der Waals surface area (Å²) in [4.78, 5) is 0. The molecule has 2 unspecified atom stereocenters. The molecule has 0 aliphatic carbocycles. The van der Waals surface area contributed by atoms with E-state index in [1.807, 2.05) is 12.1 Å². The van der Waals surface area contributed by atoms with Crippen molar-refractivity contribution in [2.75, 3.05) is 0 Å². The fourth-order valence-electron chi connectivity index (χ4n) is 2.46. The van der Waals surface area contributed by atoms with Crippen molar-refractivity contribution in [2.45, 2.75) is 24.8 Å². The highest BCUT2D eigenvalue weighted by Gasteiger charge is 2.21. The van der Waals surface area contributed by atoms with Crippen LogP contribution in [0.25, 0.3) is 0 Å². The summed E-state index contributed by atoms with van der Waals surface area (Å²) in [6, 6.07) is 10.9. The second-order valence-electron chi connectivity index (χ2n) is 5.04. The number of alkyl halides is 1. The topological polar surface area (TPSA) is 9.23 Å². The molecule has 0 radical (unpaired) electrons. The summed E-state index contributed by atoms with van der Waals surface area (Å²) in [6.45, 7) is 2.05. The Morgan fingerprint density at radius 2 is 1.95 bits per heavy atom. The maximum atomic E-state index is 13.3. The number of halogens is 3. The summed E-state index contributed by atoms with van der Waals surface area (Å²) in [5, 5.41) is -0.298. The molecular formula is C16H13BrClFO. The van der Waals surface area contributed by atoms with Crippen molar-refractivity contribution < 1.29 is 9.13 Å². The Kier molecular flexibility index (Phi) is 3.74. The van der Waals surface area contributed by atoms with Gasteiger partial charge in [0.1, 0.15) is 17.7 Å². The van der Waals surface area contributed by atoms with Crippen LogP contribution < -0.4 is 4.74 Å². The van der Waals surface area contributed by atoms with Gasteiger partial charge in [0.15, 0.2) is 0 Å². The summed E-state index contributed by atoms with van der Waals surface area (Å²) in [5.74, 6) is 0.652. The Morgan fingerprint density at radius 3 is 2.70 bits per heavy atom. The van der Waals surface area contributed by atoms with Crippen LogP contribution in [0, 0.1) is 5.82 Å². The van der Waals surface area contributed by atoms with E-state index in [1.165, 1.54) is 11.6 Å². The summed E-state index contributed by atoms with van der Waals surface area (Å²) in [6.07, 6.45) is 1.12. The largest absolute Gasteiger partial charge is 0.490 e. The van der Waals surface area contributed by atoms with Gasteiger partial charge in [-0.2, -0.15) is 0 Å². The minimum absolute atomic E-state index is 0.217. The average Bonchev–Trinajstić information content (AvgIpc) is 2.80. The van der Waals surface area contributed by atoms with E-state index in [4.69, 9.17) is 16.3 Å². The molecule has 1 aliphatic heterocycles. The molecule has 0 spiro atoms. The third-order valence-electron chi connectivity index (χ3n) is 3.45. The third kappa shape index (κ3) is 2.57. The molecule has 2 aromatic carbocycles. The van der Waals surface area contributed by atoms with Crippen LogP contribution in [0.5, 0.6) is 5.75 Å². The maximum absolute atomic E-state index is 13.3. The highest BCUT2D eigenvalue weighted by molar-refractivity contribution is 9.10. The van der Waals surface area contributed by atoms with Gasteiger partial charge in [-0.05, 0) is 57.7 Å². The molecular weight excluding hydrogens is 343 g/mol. The molecule has 2 atom stereocenters. The number of ether oxygens (including phenoxy) is 1. The fraction of sp³-hybridized carbons (Fsp3) is 0.250. The van der Waals surface area contributed by atoms with Crippen LogP contribution in [0.1, 0.15) is 29.0 Å². The molecule has 0 saturated heterocycles. The molecule has 104 valence electrons. The zero-order chi connectivity index (χ0) is 14.3. The van der Waals surface area contributed by atoms with Crippen molar-refractivity contribution >= 4 is 27.5 Å². The molecule has 2 aromatic rings. The molecule has 3 rings (SSSR count). The van der Waals surface area contributed by atoms with Gasteiger partial charge in [-0.15, -0.1) is 11.6 Å². The standard InChI is InChI=1S/C16H13BrClFO/c1-9-6-12-7-10(3-5-15(12)20-9)16(18)11-2-4-14(19)13(17)8-11/h2-5,7-9,16H,6H2,1H3. The Labute approximate surface area is 130 Å². The van der Waals surface area contributed by atoms with Crippen LogP contribution in [0.15, 0.2) is 40.9 Å². The highest BCUT2D eigenvalue weighted by atomic mass is 79.9. The highest BCUT2D eigenvalue weighted by Crippen LogP contribution is 2.36. The molecule has 1 aliphatic rings. The summed E-state index contributed by atoms with van der Waals surface area (Å²) >= 11 is 9.70. The molecule has 1 nitrogen and oxygen atoms in total. The Bertz CT molecular complexity index is 659. The van der Waals surface area contributed by atoms with Crippen LogP contribution >= 0.6 is 27.5 Å². The zero-order valence-electron chi connectivity index (χ0n) is 10.9. The Balaban J connectivity index is 1.93. The molecule has 4 heteroatoms. The van der Waals surface area contributed by atoms with E-state index in [-0.39, 0.29) is 17.3 Å². The summed E-state index contributed by atoms with van der Waals surface area (Å²) in [7, 11) is 0. The molecule has 0 bridgehead atoms. The third-order valence-corrected chi connectivity index (χ3v) is 4.56. The minimum Gasteiger partial charge on any atom is -0.490 e. The van der Waals surface area contributed by atoms with Crippen molar-refractivity contribution in [1.29, 1.82) is 0 Å². The first-order valence-corrected chi connectivity index (χ1v) is 7.66. The van der Waals surface area contributed by atoms with Gasteiger partial charge in [-0.25, -0.2) is 4.39 Å². The Morgan fingerprint density at radius 1 is 1.25 bits per heavy atom. The van der Waals surface area contributed by atoms with Crippen LogP contribution in [-0.4, -0.2) is 6.10 Å². The van der Waals surface area contributed by atoms with Crippen molar-refractivity contribution in [3.05, 3.63) is 63.4 Å². The van der Waals surface area contributed by atoms with Crippen molar-refractivity contribution in [2.24, 2.45) is 0 Å². The first-order valence-electron chi connectivity index (χ1n) is 6.43. The average molecular weight is 356 g/mol. The number of rotatable bonds is 2. The van der Waals surface area contributed by atoms with Gasteiger partial charge in [-0.3, -0.25) is 0 Å². The van der Waals surface area contributed by atoms with Gasteiger partial charge in [0.05, 0.1) is 9.85 Å². The molecule has 0 saturated carbocycles. The molecule has 0 aromatic heterocycles. The van der Waals surface area contributed by atoms with Crippen molar-refractivity contribution in [1.82, 2.24) is 0 Å². The van der Waals surface area contributed by atoms with Crippen LogP contribution in [0.4, 0.5) is 4.39 Å². The molecule has 0 N–H and O–H groups in total. The fourth-order valence-corrected chi connectivity index (χ4v) is 3.13. The summed E-state index contributed by atoms with van der Waals surface area (Å²) < 4.78 is 19.4. The zero-order valence-corrected chi connectivity index (χ0v) is 13.2. The van der Waals surface area contributed by atoms with Crippen molar-refractivity contribution in [3.8, 4) is 5.75 Å². The first kappa shape index (κ1) is 13.9. The van der Waals surface area contributed by atoms with Crippen LogP contribution in [0.3, 0.4) is 0 Å². The lowest BCUT2D eigenvalue weighted by Crippen LogP contribution is -2.05. The van der Waals surface area contributed by atoms with Crippen LogP contribution in [0.2, 0.25) is 0 Å². The molecule has 1 heterocycles. The minimum atomic E-state index is -0.298. The number of fused-ring (bicyclic) bond motifs is 1. The lowest BCUT2D eigenvalue weighted by atomic mass is 10.0. The van der Waals surface area contributed by atoms with E-state index < -0.39 is 0 Å². The lowest BCUT2D eigenvalue weighted by molar-refractivity contribution is 0.254. The number of hydrogen-bond donors (Lipinski definition) is 0. The second-order valence-corrected chi connectivity index (χ2v) is 6.33. The maximum Gasteiger partial charge on any atom is 0.137 e. The van der Waals surface area contributed by atoms with E-state index >= 15 is 0 Å². The van der Waals surface area contributed by atoms with E-state index in [0.29, 0.717) is 4.47 Å². The number of hydrogen-bond acceptors (Lipinski definition) is 1. The van der Waals surface area contributed by atoms with Crippen molar-refractivity contribution in [3.63, 3.8) is 0 Å². The van der Waals surface area contributed by atoms with Gasteiger partial charge in [-0.1, -0.05) is 18.2 Å². The van der Waals surface area contributed by atoms with Gasteiger partial charge < -0.3 is 4.74 Å². The molecule has 20 heavy (non-hydrogen) atoms. The van der Waals surface area contributed by atoms with Gasteiger partial charge in [0, 0.05) is 6.42 Å². The normalized spacial score (nSPS) is 18.5. The van der Waals surface area contributed by atoms with E-state index in [9.17, 15) is 4.39 Å². The SMILES string of the molecule is CC1Cc2cc(C(Cl)c3ccc(F)c(Br)c3)ccc2O1. The van der Waals surface area contributed by atoms with E-state index in [1.54, 1.807) is 12.1 Å². The first-order chi connectivity index (χ1) is 9.54. The van der Waals surface area contributed by atoms with E-state index in [0.717, 1.165) is 23.3 Å². The van der Waals surface area contributed by atoms with E-state index in [2.05, 4.69) is 28.9 Å². The predicted octanol–water partition coefficient (Wildman–Crippen LogP) is 5.24. The summed E-state index contributed by atoms with van der Waals surface area (Å²) in [5.41, 5.74) is 3.05. The molecule has 0 amide bonds. The quantitative estimate of drug-likeness (QED) is 0.669. The van der Waals surface area contributed by atoms with Crippen LogP contribution in [-0.2, 0) is 6.42 Å². The Hall–Kier alpha value is -1.06. The van der Waals surface area contributed by atoms with Gasteiger partial charge >= 0.3 is 0 Å². The lowest BCUT2D eigenvalue weighted by Gasteiger charge is -2.12.